The number of aliphatic imine (C=N–C) groups is 1. The lowest BCUT2D eigenvalue weighted by molar-refractivity contribution is -0.140. The van der Waals surface area contributed by atoms with Gasteiger partial charge >= 0.3 is 12.1 Å². The highest BCUT2D eigenvalue weighted by atomic mass is 19.4. The van der Waals surface area contributed by atoms with Crippen LogP contribution in [0.2, 0.25) is 0 Å². The van der Waals surface area contributed by atoms with E-state index in [4.69, 9.17) is 5.73 Å². The highest BCUT2D eigenvalue weighted by Gasteiger charge is 2.37. The predicted octanol–water partition coefficient (Wildman–Crippen LogP) is 2.33. The van der Waals surface area contributed by atoms with Gasteiger partial charge in [-0.3, -0.25) is 14.6 Å². The molecule has 1 aromatic rings. The Kier molecular flexibility index (Phi) is 7.95. The second-order valence-electron chi connectivity index (χ2n) is 5.21. The van der Waals surface area contributed by atoms with E-state index in [1.165, 1.54) is 14.0 Å². The number of nitrogens with zero attached hydrogens (tertiary/aromatic N) is 1. The number of halogens is 4. The van der Waals surface area contributed by atoms with Crippen LogP contribution in [0.3, 0.4) is 0 Å². The number of carbonyl (C=O) groups is 2. The molecule has 0 aliphatic heterocycles. The molecule has 0 aliphatic rings. The molecule has 1 amide bonds. The Morgan fingerprint density at radius 1 is 1.26 bits per heavy atom. The summed E-state index contributed by atoms with van der Waals surface area (Å²) < 4.78 is 57.8. The molecule has 10 heteroatoms. The van der Waals surface area contributed by atoms with Gasteiger partial charge < -0.3 is 15.8 Å². The Morgan fingerprint density at radius 3 is 2.41 bits per heavy atom. The van der Waals surface area contributed by atoms with Gasteiger partial charge in [-0.2, -0.15) is 13.2 Å². The molecular formula is C17H19F4N3O3. The maximum atomic E-state index is 13.9. The summed E-state index contributed by atoms with van der Waals surface area (Å²) in [6.45, 7) is 1.41. The number of allylic oxidation sites excluding steroid dienone is 1. The molecule has 3 N–H and O–H groups in total. The lowest BCUT2D eigenvalue weighted by atomic mass is 9.99. The largest absolute Gasteiger partial charge is 0.469 e. The minimum absolute atomic E-state index is 0.0140. The van der Waals surface area contributed by atoms with Gasteiger partial charge in [0.1, 0.15) is 5.82 Å². The maximum absolute atomic E-state index is 13.9. The van der Waals surface area contributed by atoms with Crippen molar-refractivity contribution in [2.75, 3.05) is 20.2 Å². The Bertz CT molecular complexity index is 758. The van der Waals surface area contributed by atoms with Gasteiger partial charge in [0.15, 0.2) is 0 Å². The third kappa shape index (κ3) is 6.39. The van der Waals surface area contributed by atoms with Crippen LogP contribution in [-0.2, 0) is 9.53 Å². The first-order chi connectivity index (χ1) is 12.6. The van der Waals surface area contributed by atoms with E-state index in [9.17, 15) is 27.2 Å². The van der Waals surface area contributed by atoms with Crippen LogP contribution < -0.4 is 11.1 Å². The molecule has 0 unspecified atom stereocenters. The smallest absolute Gasteiger partial charge is 0.419 e. The van der Waals surface area contributed by atoms with Gasteiger partial charge in [0.2, 0.25) is 0 Å². The van der Waals surface area contributed by atoms with E-state index in [1.54, 1.807) is 0 Å². The minimum Gasteiger partial charge on any atom is -0.469 e. The van der Waals surface area contributed by atoms with Crippen molar-refractivity contribution in [3.05, 3.63) is 46.9 Å². The van der Waals surface area contributed by atoms with Crippen LogP contribution >= 0.6 is 0 Å². The molecule has 27 heavy (non-hydrogen) atoms. The summed E-state index contributed by atoms with van der Waals surface area (Å²) in [7, 11) is 1.18. The molecule has 1 aromatic carbocycles. The lowest BCUT2D eigenvalue weighted by Gasteiger charge is -2.15. The van der Waals surface area contributed by atoms with E-state index >= 15 is 0 Å². The second kappa shape index (κ2) is 9.70. The van der Waals surface area contributed by atoms with Crippen LogP contribution in [0, 0.1) is 5.82 Å². The zero-order chi connectivity index (χ0) is 20.6. The van der Waals surface area contributed by atoms with Crippen molar-refractivity contribution in [3.8, 4) is 0 Å². The number of carbonyl (C=O) groups excluding carboxylic acids is 2. The van der Waals surface area contributed by atoms with Gasteiger partial charge in [0.25, 0.3) is 5.91 Å². The normalized spacial score (nSPS) is 12.7. The van der Waals surface area contributed by atoms with E-state index < -0.39 is 35.2 Å². The fourth-order valence-corrected chi connectivity index (χ4v) is 2.14. The van der Waals surface area contributed by atoms with E-state index in [0.29, 0.717) is 6.20 Å². The van der Waals surface area contributed by atoms with Crippen molar-refractivity contribution in [1.82, 2.24) is 5.32 Å². The average molecular weight is 389 g/mol. The number of ether oxygens (including phenoxy) is 1. The number of nitrogens with one attached hydrogen (secondary N) is 1. The van der Waals surface area contributed by atoms with Gasteiger partial charge in [0.05, 0.1) is 24.8 Å². The summed E-state index contributed by atoms with van der Waals surface area (Å²) in [5, 5.41) is 2.36. The summed E-state index contributed by atoms with van der Waals surface area (Å²) in [6, 6.07) is 2.76. The summed E-state index contributed by atoms with van der Waals surface area (Å²) >= 11 is 0. The Hall–Kier alpha value is -2.91. The zero-order valence-corrected chi connectivity index (χ0v) is 14.7. The standard InChI is InChI=1S/C17H19F4N3O3/c1-3-23-15(13(9-22)17(19,20)21)10-6-11(8-12(18)7-10)16(26)24-5-4-14(25)27-2/h6-9H,3-5,22H2,1-2H3,(H,24,26). The number of hydrogen-bond acceptors (Lipinski definition) is 5. The SMILES string of the molecule is CCN=C(C(=CN)C(F)(F)F)c1cc(F)cc(C(=O)NCCC(=O)OC)c1. The molecule has 0 spiro atoms. The van der Waals surface area contributed by atoms with Crippen molar-refractivity contribution in [2.24, 2.45) is 10.7 Å². The maximum Gasteiger partial charge on any atom is 0.419 e. The molecule has 1 rings (SSSR count). The fraction of sp³-hybridized carbons (Fsp3) is 0.353. The van der Waals surface area contributed by atoms with Gasteiger partial charge in [-0.25, -0.2) is 4.39 Å². The van der Waals surface area contributed by atoms with Crippen molar-refractivity contribution in [3.63, 3.8) is 0 Å². The number of hydrogen-bond donors (Lipinski definition) is 2. The molecule has 0 aliphatic carbocycles. The summed E-state index contributed by atoms with van der Waals surface area (Å²) in [5.41, 5.74) is 2.80. The Morgan fingerprint density at radius 2 is 1.89 bits per heavy atom. The highest BCUT2D eigenvalue weighted by Crippen LogP contribution is 2.29. The number of nitrogens with two attached hydrogens (primary N) is 1. The molecule has 6 nitrogen and oxygen atoms in total. The Labute approximate surface area is 153 Å². The first kappa shape index (κ1) is 22.1. The summed E-state index contributed by atoms with van der Waals surface area (Å²) in [4.78, 5) is 26.9. The molecule has 0 atom stereocenters. The van der Waals surface area contributed by atoms with E-state index in [-0.39, 0.29) is 30.6 Å². The van der Waals surface area contributed by atoms with Crippen LogP contribution in [0.25, 0.3) is 0 Å². The number of rotatable bonds is 7. The van der Waals surface area contributed by atoms with Crippen LogP contribution in [0.4, 0.5) is 17.6 Å². The third-order valence-electron chi connectivity index (χ3n) is 3.32. The zero-order valence-electron chi connectivity index (χ0n) is 14.7. The van der Waals surface area contributed by atoms with E-state index in [0.717, 1.165) is 18.2 Å². The third-order valence-corrected chi connectivity index (χ3v) is 3.32. The molecule has 0 heterocycles. The van der Waals surface area contributed by atoms with Gasteiger partial charge in [0, 0.05) is 30.4 Å². The Balaban J connectivity index is 3.20. The van der Waals surface area contributed by atoms with Crippen molar-refractivity contribution >= 4 is 17.6 Å². The first-order valence-electron chi connectivity index (χ1n) is 7.83. The van der Waals surface area contributed by atoms with E-state index in [2.05, 4.69) is 15.0 Å². The molecule has 0 saturated heterocycles. The lowest BCUT2D eigenvalue weighted by Crippen LogP contribution is -2.27. The monoisotopic (exact) mass is 389 g/mol. The molecule has 148 valence electrons. The topological polar surface area (TPSA) is 93.8 Å². The van der Waals surface area contributed by atoms with Crippen LogP contribution in [0.15, 0.2) is 35.0 Å². The number of esters is 1. The first-order valence-corrected chi connectivity index (χ1v) is 7.83. The summed E-state index contributed by atoms with van der Waals surface area (Å²) in [5.74, 6) is -2.25. The van der Waals surface area contributed by atoms with Crippen molar-refractivity contribution in [2.45, 2.75) is 19.5 Å². The van der Waals surface area contributed by atoms with Crippen molar-refractivity contribution < 1.29 is 31.9 Å². The molecular weight excluding hydrogens is 370 g/mol. The number of amides is 1. The fourth-order valence-electron chi connectivity index (χ4n) is 2.14. The quantitative estimate of drug-likeness (QED) is 0.425. The molecule has 0 saturated carbocycles. The van der Waals surface area contributed by atoms with Crippen LogP contribution in [0.1, 0.15) is 29.3 Å². The number of benzene rings is 1. The molecule has 0 fully saturated rings. The van der Waals surface area contributed by atoms with Gasteiger partial charge in [-0.15, -0.1) is 0 Å². The molecule has 0 bridgehead atoms. The predicted molar refractivity (Wildman–Crippen MR) is 90.8 cm³/mol. The average Bonchev–Trinajstić information content (AvgIpc) is 2.59. The highest BCUT2D eigenvalue weighted by molar-refractivity contribution is 6.14. The van der Waals surface area contributed by atoms with Crippen LogP contribution in [0.5, 0.6) is 0 Å². The van der Waals surface area contributed by atoms with Gasteiger partial charge in [-0.1, -0.05) is 0 Å². The van der Waals surface area contributed by atoms with E-state index in [1.807, 2.05) is 0 Å². The van der Waals surface area contributed by atoms with Crippen molar-refractivity contribution in [1.29, 1.82) is 0 Å². The summed E-state index contributed by atoms with van der Waals surface area (Å²) in [6.07, 6.45) is -4.57. The minimum atomic E-state index is -4.81. The molecule has 0 radical (unpaired) electrons. The second-order valence-corrected chi connectivity index (χ2v) is 5.21. The number of alkyl halides is 3. The number of methoxy groups -OCH3 is 1. The molecule has 0 aromatic heterocycles. The van der Waals surface area contributed by atoms with Crippen LogP contribution in [-0.4, -0.2) is 44.0 Å². The van der Waals surface area contributed by atoms with Gasteiger partial charge in [-0.05, 0) is 25.1 Å².